The zero-order chi connectivity index (χ0) is 18.1. The Balaban J connectivity index is 1.56. The summed E-state index contributed by atoms with van der Waals surface area (Å²) >= 11 is 0. The van der Waals surface area contributed by atoms with E-state index in [4.69, 9.17) is 4.74 Å². The maximum Gasteiger partial charge on any atom is 0.257 e. The molecule has 2 aromatic heterocycles. The van der Waals surface area contributed by atoms with Gasteiger partial charge in [-0.25, -0.2) is 9.50 Å². The van der Waals surface area contributed by atoms with Gasteiger partial charge in [0.05, 0.1) is 24.6 Å². The Bertz CT molecular complexity index is 992. The molecule has 26 heavy (non-hydrogen) atoms. The first kappa shape index (κ1) is 16.3. The van der Waals surface area contributed by atoms with E-state index in [1.807, 2.05) is 24.3 Å². The van der Waals surface area contributed by atoms with Crippen LogP contribution < -0.4 is 10.1 Å². The van der Waals surface area contributed by atoms with Crippen molar-refractivity contribution in [3.63, 3.8) is 0 Å². The van der Waals surface area contributed by atoms with E-state index >= 15 is 0 Å². The zero-order valence-corrected chi connectivity index (χ0v) is 14.4. The summed E-state index contributed by atoms with van der Waals surface area (Å²) in [5.41, 5.74) is 3.29. The molecular formula is C19H18N4O3. The Morgan fingerprint density at radius 1 is 1.23 bits per heavy atom. The number of carbonyl (C=O) groups is 2. The zero-order valence-electron chi connectivity index (χ0n) is 14.4. The number of aromatic nitrogens is 3. The van der Waals surface area contributed by atoms with E-state index in [9.17, 15) is 9.59 Å². The third-order valence-corrected chi connectivity index (χ3v) is 4.60. The smallest absolute Gasteiger partial charge is 0.257 e. The van der Waals surface area contributed by atoms with Crippen LogP contribution >= 0.6 is 0 Å². The fourth-order valence-corrected chi connectivity index (χ4v) is 3.18. The molecule has 3 aromatic rings. The van der Waals surface area contributed by atoms with Crippen molar-refractivity contribution in [2.24, 2.45) is 0 Å². The van der Waals surface area contributed by atoms with Gasteiger partial charge in [-0.05, 0) is 30.5 Å². The monoisotopic (exact) mass is 350 g/mol. The standard InChI is InChI=1S/C19H18N4O3/c1-26-13-7-5-12(6-8-13)9-21-19(25)15-11-22-23-16-3-2-4-17(24)14(16)10-20-18(15)23/h5-8,10-11H,2-4,9H2,1H3,(H,21,25). The van der Waals surface area contributed by atoms with Crippen LogP contribution in [0.15, 0.2) is 36.7 Å². The Kier molecular flexibility index (Phi) is 4.12. The van der Waals surface area contributed by atoms with Gasteiger partial charge in [-0.2, -0.15) is 5.10 Å². The highest BCUT2D eigenvalue weighted by Gasteiger charge is 2.23. The second-order valence-electron chi connectivity index (χ2n) is 6.22. The lowest BCUT2D eigenvalue weighted by Crippen LogP contribution is -2.23. The fourth-order valence-electron chi connectivity index (χ4n) is 3.18. The molecule has 0 saturated carbocycles. The van der Waals surface area contributed by atoms with Crippen molar-refractivity contribution >= 4 is 17.3 Å². The maximum absolute atomic E-state index is 12.6. The molecule has 7 heteroatoms. The van der Waals surface area contributed by atoms with Gasteiger partial charge in [-0.1, -0.05) is 12.1 Å². The number of ketones is 1. The third kappa shape index (κ3) is 2.81. The number of Topliss-reactive ketones (excluding diaryl/α,β-unsaturated/α-hetero) is 1. The Morgan fingerprint density at radius 3 is 2.81 bits per heavy atom. The fraction of sp³-hybridized carbons (Fsp3) is 0.263. The summed E-state index contributed by atoms with van der Waals surface area (Å²) in [6.45, 7) is 0.392. The van der Waals surface area contributed by atoms with Gasteiger partial charge in [0.25, 0.3) is 5.91 Å². The van der Waals surface area contributed by atoms with Gasteiger partial charge in [-0.3, -0.25) is 9.59 Å². The average molecular weight is 350 g/mol. The second-order valence-corrected chi connectivity index (χ2v) is 6.22. The van der Waals surface area contributed by atoms with Crippen molar-refractivity contribution in [2.75, 3.05) is 7.11 Å². The number of fused-ring (bicyclic) bond motifs is 3. The largest absolute Gasteiger partial charge is 0.497 e. The van der Waals surface area contributed by atoms with Crippen LogP contribution in [0, 0.1) is 0 Å². The first-order valence-corrected chi connectivity index (χ1v) is 8.47. The lowest BCUT2D eigenvalue weighted by Gasteiger charge is -2.14. The minimum absolute atomic E-state index is 0.0849. The number of benzene rings is 1. The highest BCUT2D eigenvalue weighted by Crippen LogP contribution is 2.22. The summed E-state index contributed by atoms with van der Waals surface area (Å²) in [6, 6.07) is 7.49. The number of rotatable bonds is 4. The highest BCUT2D eigenvalue weighted by atomic mass is 16.5. The van der Waals surface area contributed by atoms with Gasteiger partial charge in [-0.15, -0.1) is 0 Å². The lowest BCUT2D eigenvalue weighted by molar-refractivity contribution is 0.0950. The number of hydrogen-bond acceptors (Lipinski definition) is 5. The summed E-state index contributed by atoms with van der Waals surface area (Å²) in [7, 11) is 1.61. The number of carbonyl (C=O) groups excluding carboxylic acids is 2. The molecule has 2 heterocycles. The molecule has 1 aliphatic rings. The number of aryl methyl sites for hydroxylation is 1. The predicted octanol–water partition coefficient (Wildman–Crippen LogP) is 2.19. The summed E-state index contributed by atoms with van der Waals surface area (Å²) < 4.78 is 6.74. The highest BCUT2D eigenvalue weighted by molar-refractivity contribution is 6.01. The van der Waals surface area contributed by atoms with Crippen LogP contribution in [0.25, 0.3) is 5.65 Å². The molecule has 0 aliphatic heterocycles. The molecule has 7 nitrogen and oxygen atoms in total. The van der Waals surface area contributed by atoms with E-state index < -0.39 is 0 Å². The van der Waals surface area contributed by atoms with E-state index in [1.54, 1.807) is 17.8 Å². The van der Waals surface area contributed by atoms with Crippen molar-refractivity contribution in [3.05, 3.63) is 59.0 Å². The molecule has 1 amide bonds. The molecule has 0 radical (unpaired) electrons. The number of amides is 1. The Morgan fingerprint density at radius 2 is 2.04 bits per heavy atom. The molecular weight excluding hydrogens is 332 g/mol. The molecule has 0 fully saturated rings. The summed E-state index contributed by atoms with van der Waals surface area (Å²) in [4.78, 5) is 28.9. The van der Waals surface area contributed by atoms with Gasteiger partial charge in [0.2, 0.25) is 0 Å². The van der Waals surface area contributed by atoms with Gasteiger partial charge in [0.15, 0.2) is 11.4 Å². The minimum atomic E-state index is -0.245. The molecule has 1 aliphatic carbocycles. The quantitative estimate of drug-likeness (QED) is 0.779. The van der Waals surface area contributed by atoms with Crippen LogP contribution in [-0.4, -0.2) is 33.4 Å². The number of hydrogen-bond donors (Lipinski definition) is 1. The molecule has 1 N–H and O–H groups in total. The van der Waals surface area contributed by atoms with E-state index in [0.717, 1.165) is 29.8 Å². The molecule has 132 valence electrons. The molecule has 4 rings (SSSR count). The van der Waals surface area contributed by atoms with Gasteiger partial charge >= 0.3 is 0 Å². The lowest BCUT2D eigenvalue weighted by atomic mass is 9.96. The first-order chi connectivity index (χ1) is 12.7. The Labute approximate surface area is 150 Å². The van der Waals surface area contributed by atoms with Crippen LogP contribution in [-0.2, 0) is 13.0 Å². The summed E-state index contributed by atoms with van der Waals surface area (Å²) in [5, 5.41) is 7.17. The number of nitrogens with one attached hydrogen (secondary N) is 1. The van der Waals surface area contributed by atoms with Crippen molar-refractivity contribution in [1.29, 1.82) is 0 Å². The van der Waals surface area contributed by atoms with Crippen molar-refractivity contribution in [2.45, 2.75) is 25.8 Å². The molecule has 0 atom stereocenters. The number of methoxy groups -OCH3 is 1. The maximum atomic E-state index is 12.6. The number of ether oxygens (including phenoxy) is 1. The number of nitrogens with zero attached hydrogens (tertiary/aromatic N) is 3. The molecule has 0 spiro atoms. The van der Waals surface area contributed by atoms with Crippen molar-refractivity contribution in [3.8, 4) is 5.75 Å². The third-order valence-electron chi connectivity index (χ3n) is 4.60. The predicted molar refractivity (Wildman–Crippen MR) is 94.4 cm³/mol. The normalized spacial score (nSPS) is 13.5. The van der Waals surface area contributed by atoms with Crippen molar-refractivity contribution < 1.29 is 14.3 Å². The van der Waals surface area contributed by atoms with E-state index in [0.29, 0.717) is 29.7 Å². The van der Waals surface area contributed by atoms with Crippen LogP contribution in [0.5, 0.6) is 5.75 Å². The van der Waals surface area contributed by atoms with E-state index in [2.05, 4.69) is 15.4 Å². The summed E-state index contributed by atoms with van der Waals surface area (Å²) in [5.74, 6) is 0.610. The summed E-state index contributed by atoms with van der Waals surface area (Å²) in [6.07, 6.45) is 5.16. The van der Waals surface area contributed by atoms with E-state index in [1.165, 1.54) is 6.20 Å². The average Bonchev–Trinajstić information content (AvgIpc) is 3.11. The SMILES string of the molecule is COc1ccc(CNC(=O)c2cnn3c4c(cnc23)C(=O)CCC4)cc1. The Hall–Kier alpha value is -3.22. The molecule has 0 saturated heterocycles. The van der Waals surface area contributed by atoms with Crippen LogP contribution in [0.4, 0.5) is 0 Å². The van der Waals surface area contributed by atoms with Gasteiger partial charge < -0.3 is 10.1 Å². The first-order valence-electron chi connectivity index (χ1n) is 8.47. The van der Waals surface area contributed by atoms with Crippen LogP contribution in [0.3, 0.4) is 0 Å². The topological polar surface area (TPSA) is 85.6 Å². The van der Waals surface area contributed by atoms with Gasteiger partial charge in [0, 0.05) is 19.2 Å². The van der Waals surface area contributed by atoms with Gasteiger partial charge in [0.1, 0.15) is 11.3 Å². The molecule has 0 unspecified atom stereocenters. The van der Waals surface area contributed by atoms with Crippen molar-refractivity contribution in [1.82, 2.24) is 19.9 Å². The van der Waals surface area contributed by atoms with Crippen LogP contribution in [0.1, 0.15) is 44.8 Å². The van der Waals surface area contributed by atoms with Crippen LogP contribution in [0.2, 0.25) is 0 Å². The van der Waals surface area contributed by atoms with E-state index in [-0.39, 0.29) is 11.7 Å². The molecule has 1 aromatic carbocycles. The second kappa shape index (κ2) is 6.59. The minimum Gasteiger partial charge on any atom is -0.497 e. The molecule has 0 bridgehead atoms.